The lowest BCUT2D eigenvalue weighted by atomic mass is 10.1. The summed E-state index contributed by atoms with van der Waals surface area (Å²) in [5.41, 5.74) is 2.56. The molecule has 0 fully saturated rings. The van der Waals surface area contributed by atoms with Gasteiger partial charge >= 0.3 is 0 Å². The van der Waals surface area contributed by atoms with Crippen LogP contribution in [0.4, 0.5) is 5.69 Å². The second kappa shape index (κ2) is 9.37. The van der Waals surface area contributed by atoms with Gasteiger partial charge in [-0.1, -0.05) is 17.7 Å². The predicted molar refractivity (Wildman–Crippen MR) is 115 cm³/mol. The van der Waals surface area contributed by atoms with Gasteiger partial charge in [-0.05, 0) is 43.3 Å². The molecule has 0 unspecified atom stereocenters. The molecule has 0 aliphatic heterocycles. The molecule has 0 radical (unpaired) electrons. The molecule has 2 aromatic heterocycles. The molecule has 2 heterocycles. The van der Waals surface area contributed by atoms with Gasteiger partial charge in [0.2, 0.25) is 0 Å². The molecule has 0 saturated heterocycles. The highest BCUT2D eigenvalue weighted by atomic mass is 35.5. The average molecular weight is 425 g/mol. The van der Waals surface area contributed by atoms with Crippen molar-refractivity contribution in [3.8, 4) is 5.75 Å². The summed E-state index contributed by atoms with van der Waals surface area (Å²) in [6, 6.07) is 11.9. The van der Waals surface area contributed by atoms with Crippen molar-refractivity contribution < 1.29 is 14.3 Å². The molecule has 1 aromatic carbocycles. The van der Waals surface area contributed by atoms with Crippen molar-refractivity contribution in [2.75, 3.05) is 19.4 Å². The zero-order chi connectivity index (χ0) is 21.7. The van der Waals surface area contributed by atoms with Crippen molar-refractivity contribution in [1.29, 1.82) is 0 Å². The fourth-order valence-corrected chi connectivity index (χ4v) is 2.92. The monoisotopic (exact) mass is 424 g/mol. The Morgan fingerprint density at radius 1 is 1.17 bits per heavy atom. The quantitative estimate of drug-likeness (QED) is 0.647. The van der Waals surface area contributed by atoms with Crippen LogP contribution in [0.5, 0.6) is 5.75 Å². The second-order valence-electron chi connectivity index (χ2n) is 6.78. The van der Waals surface area contributed by atoms with Crippen LogP contribution in [0.25, 0.3) is 0 Å². The Kier molecular flexibility index (Phi) is 6.64. The number of carbonyl (C=O) groups is 2. The maximum absolute atomic E-state index is 12.6. The highest BCUT2D eigenvalue weighted by molar-refractivity contribution is 6.32. The van der Waals surface area contributed by atoms with E-state index in [1.165, 1.54) is 11.0 Å². The minimum absolute atomic E-state index is 0.223. The van der Waals surface area contributed by atoms with Crippen molar-refractivity contribution in [3.63, 3.8) is 0 Å². The fraction of sp³-hybridized carbons (Fsp3) is 0.182. The second-order valence-corrected chi connectivity index (χ2v) is 7.19. The van der Waals surface area contributed by atoms with Crippen molar-refractivity contribution in [3.05, 3.63) is 82.4 Å². The Labute approximate surface area is 179 Å². The first kappa shape index (κ1) is 21.3. The number of hydrogen-bond acceptors (Lipinski definition) is 5. The Hall–Kier alpha value is -3.45. The number of pyridine rings is 2. The SMILES string of the molecule is Cc1nc(C(=O)N(C)C)ccc1C(=O)Nc1ccc(OCc2cccnc2)c(Cl)c1. The Morgan fingerprint density at radius 3 is 2.60 bits per heavy atom. The van der Waals surface area contributed by atoms with Crippen molar-refractivity contribution in [2.24, 2.45) is 0 Å². The minimum Gasteiger partial charge on any atom is -0.487 e. The number of anilines is 1. The third kappa shape index (κ3) is 5.12. The molecule has 0 atom stereocenters. The summed E-state index contributed by atoms with van der Waals surface area (Å²) in [5, 5.41) is 3.16. The molecule has 7 nitrogen and oxygen atoms in total. The van der Waals surface area contributed by atoms with Gasteiger partial charge in [0.15, 0.2) is 0 Å². The summed E-state index contributed by atoms with van der Waals surface area (Å²) in [4.78, 5) is 34.4. The van der Waals surface area contributed by atoms with E-state index in [4.69, 9.17) is 16.3 Å². The van der Waals surface area contributed by atoms with Gasteiger partial charge < -0.3 is 15.0 Å². The topological polar surface area (TPSA) is 84.4 Å². The molecule has 1 N–H and O–H groups in total. The number of aryl methyl sites for hydroxylation is 1. The Morgan fingerprint density at radius 2 is 1.97 bits per heavy atom. The van der Waals surface area contributed by atoms with Gasteiger partial charge in [-0.3, -0.25) is 14.6 Å². The van der Waals surface area contributed by atoms with E-state index in [1.807, 2.05) is 12.1 Å². The highest BCUT2D eigenvalue weighted by Gasteiger charge is 2.16. The van der Waals surface area contributed by atoms with Crippen molar-refractivity contribution in [2.45, 2.75) is 13.5 Å². The van der Waals surface area contributed by atoms with E-state index in [0.717, 1.165) is 5.56 Å². The molecule has 0 spiro atoms. The summed E-state index contributed by atoms with van der Waals surface area (Å²) in [6.07, 6.45) is 3.41. The highest BCUT2D eigenvalue weighted by Crippen LogP contribution is 2.28. The zero-order valence-electron chi connectivity index (χ0n) is 16.8. The van der Waals surface area contributed by atoms with E-state index in [-0.39, 0.29) is 17.5 Å². The number of ether oxygens (including phenoxy) is 1. The van der Waals surface area contributed by atoms with Gasteiger partial charge in [0.1, 0.15) is 18.1 Å². The molecule has 3 aromatic rings. The number of nitrogens with zero attached hydrogens (tertiary/aromatic N) is 3. The molecule has 0 saturated carbocycles. The molecule has 30 heavy (non-hydrogen) atoms. The van der Waals surface area contributed by atoms with Crippen LogP contribution >= 0.6 is 11.6 Å². The molecular formula is C22H21ClN4O3. The summed E-state index contributed by atoms with van der Waals surface area (Å²) >= 11 is 6.30. The number of halogens is 1. The van der Waals surface area contributed by atoms with Crippen LogP contribution in [-0.2, 0) is 6.61 Å². The minimum atomic E-state index is -0.344. The molecular weight excluding hydrogens is 404 g/mol. The van der Waals surface area contributed by atoms with Gasteiger partial charge in [-0.25, -0.2) is 4.98 Å². The summed E-state index contributed by atoms with van der Waals surface area (Å²) < 4.78 is 5.71. The van der Waals surface area contributed by atoms with Crippen molar-refractivity contribution >= 4 is 29.1 Å². The molecule has 8 heteroatoms. The number of amides is 2. The largest absolute Gasteiger partial charge is 0.487 e. The van der Waals surface area contributed by atoms with E-state index in [9.17, 15) is 9.59 Å². The molecule has 0 aliphatic carbocycles. The molecule has 154 valence electrons. The smallest absolute Gasteiger partial charge is 0.271 e. The predicted octanol–water partition coefficient (Wildman–Crippen LogP) is 3.97. The number of hydrogen-bond donors (Lipinski definition) is 1. The Bertz CT molecular complexity index is 1070. The number of benzene rings is 1. The number of nitrogens with one attached hydrogen (secondary N) is 1. The third-order valence-corrected chi connectivity index (χ3v) is 4.56. The normalized spacial score (nSPS) is 10.4. The van der Waals surface area contributed by atoms with Gasteiger partial charge in [0.25, 0.3) is 11.8 Å². The van der Waals surface area contributed by atoms with Gasteiger partial charge in [-0.2, -0.15) is 0 Å². The number of carbonyl (C=O) groups excluding carboxylic acids is 2. The number of aromatic nitrogens is 2. The van der Waals surface area contributed by atoms with Crippen LogP contribution in [0.1, 0.15) is 32.1 Å². The van der Waals surface area contributed by atoms with Crippen LogP contribution in [0, 0.1) is 6.92 Å². The van der Waals surface area contributed by atoms with Gasteiger partial charge in [-0.15, -0.1) is 0 Å². The molecule has 0 bridgehead atoms. The first-order valence-electron chi connectivity index (χ1n) is 9.17. The molecule has 0 aliphatic rings. The van der Waals surface area contributed by atoms with E-state index in [0.29, 0.717) is 34.3 Å². The summed E-state index contributed by atoms with van der Waals surface area (Å²) in [5.74, 6) is -0.0643. The van der Waals surface area contributed by atoms with Crippen LogP contribution in [0.15, 0.2) is 54.9 Å². The van der Waals surface area contributed by atoms with Crippen LogP contribution in [-0.4, -0.2) is 40.8 Å². The van der Waals surface area contributed by atoms with E-state index >= 15 is 0 Å². The van der Waals surface area contributed by atoms with Crippen LogP contribution < -0.4 is 10.1 Å². The van der Waals surface area contributed by atoms with E-state index in [2.05, 4.69) is 15.3 Å². The first-order chi connectivity index (χ1) is 14.3. The lowest BCUT2D eigenvalue weighted by Gasteiger charge is -2.13. The van der Waals surface area contributed by atoms with Crippen molar-refractivity contribution in [1.82, 2.24) is 14.9 Å². The maximum atomic E-state index is 12.6. The van der Waals surface area contributed by atoms with Gasteiger partial charge in [0, 0.05) is 37.7 Å². The summed E-state index contributed by atoms with van der Waals surface area (Å²) in [7, 11) is 3.29. The number of rotatable bonds is 6. The van der Waals surface area contributed by atoms with Crippen LogP contribution in [0.2, 0.25) is 5.02 Å². The van der Waals surface area contributed by atoms with Crippen LogP contribution in [0.3, 0.4) is 0 Å². The van der Waals surface area contributed by atoms with Gasteiger partial charge in [0.05, 0.1) is 16.3 Å². The standard InChI is InChI=1S/C22H21ClN4O3/c1-14-17(7-8-19(25-14)22(29)27(2)3)21(28)26-16-6-9-20(18(23)11-16)30-13-15-5-4-10-24-12-15/h4-12H,13H2,1-3H3,(H,26,28). The first-order valence-corrected chi connectivity index (χ1v) is 9.55. The molecule has 3 rings (SSSR count). The molecule has 2 amide bonds. The summed E-state index contributed by atoms with van der Waals surface area (Å²) in [6.45, 7) is 2.02. The zero-order valence-corrected chi connectivity index (χ0v) is 17.6. The maximum Gasteiger partial charge on any atom is 0.271 e. The average Bonchev–Trinajstić information content (AvgIpc) is 2.73. The van der Waals surface area contributed by atoms with E-state index in [1.54, 1.807) is 57.7 Å². The third-order valence-electron chi connectivity index (χ3n) is 4.26. The van der Waals surface area contributed by atoms with E-state index < -0.39 is 0 Å². The lowest BCUT2D eigenvalue weighted by Crippen LogP contribution is -2.23. The Balaban J connectivity index is 1.68. The lowest BCUT2D eigenvalue weighted by molar-refractivity contribution is 0.0821. The fourth-order valence-electron chi connectivity index (χ4n) is 2.69.